The predicted molar refractivity (Wildman–Crippen MR) is 117 cm³/mol. The third-order valence-electron chi connectivity index (χ3n) is 4.39. The number of halogens is 1. The van der Waals surface area contributed by atoms with Gasteiger partial charge >= 0.3 is 0 Å². The molecule has 0 fully saturated rings. The van der Waals surface area contributed by atoms with E-state index < -0.39 is 0 Å². The summed E-state index contributed by atoms with van der Waals surface area (Å²) in [6.07, 6.45) is 1.63. The molecule has 0 atom stereocenters. The van der Waals surface area contributed by atoms with Crippen molar-refractivity contribution in [2.45, 2.75) is 20.8 Å². The molecule has 0 saturated heterocycles. The first-order chi connectivity index (χ1) is 13.0. The Hall–Kier alpha value is -2.37. The van der Waals surface area contributed by atoms with Crippen LogP contribution in [0.1, 0.15) is 34.6 Å². The highest BCUT2D eigenvalue weighted by Crippen LogP contribution is 2.35. The van der Waals surface area contributed by atoms with Crippen LogP contribution < -0.4 is 10.3 Å². The van der Waals surface area contributed by atoms with Crippen molar-refractivity contribution in [3.05, 3.63) is 63.5 Å². The van der Waals surface area contributed by atoms with Crippen LogP contribution in [-0.4, -0.2) is 25.2 Å². The topological polar surface area (TPSA) is 44.7 Å². The average Bonchev–Trinajstić information content (AvgIpc) is 3.00. The van der Waals surface area contributed by atoms with Crippen molar-refractivity contribution in [3.8, 4) is 0 Å². The standard InChI is InChI=1S/C21H22ClN3OS/c1-4-25(5-2)16-9-7-15(8-10-16)13-23-24-21(26)20-19(22)17-11-6-14(3)12-18(17)27-20/h6-13H,4-5H2,1-3H3,(H,24,26). The number of carbonyl (C=O) groups excluding carboxylic acids is 1. The number of hydrogen-bond donors (Lipinski definition) is 1. The number of hydrogen-bond acceptors (Lipinski definition) is 4. The summed E-state index contributed by atoms with van der Waals surface area (Å²) in [6.45, 7) is 8.22. The minimum Gasteiger partial charge on any atom is -0.372 e. The van der Waals surface area contributed by atoms with Crippen LogP contribution in [0.15, 0.2) is 47.6 Å². The van der Waals surface area contributed by atoms with Crippen molar-refractivity contribution >= 4 is 50.8 Å². The van der Waals surface area contributed by atoms with Gasteiger partial charge in [-0.1, -0.05) is 35.9 Å². The van der Waals surface area contributed by atoms with Crippen molar-refractivity contribution in [2.24, 2.45) is 5.10 Å². The minimum absolute atomic E-state index is 0.296. The number of aryl methyl sites for hydroxylation is 1. The molecule has 0 radical (unpaired) electrons. The van der Waals surface area contributed by atoms with Gasteiger partial charge in [-0.3, -0.25) is 4.79 Å². The highest BCUT2D eigenvalue weighted by atomic mass is 35.5. The summed E-state index contributed by atoms with van der Waals surface area (Å²) in [4.78, 5) is 15.2. The van der Waals surface area contributed by atoms with Crippen molar-refractivity contribution in [1.82, 2.24) is 5.43 Å². The van der Waals surface area contributed by atoms with E-state index >= 15 is 0 Å². The Balaban J connectivity index is 1.69. The minimum atomic E-state index is -0.296. The van der Waals surface area contributed by atoms with Crippen molar-refractivity contribution in [3.63, 3.8) is 0 Å². The molecule has 1 aromatic heterocycles. The van der Waals surface area contributed by atoms with E-state index in [1.165, 1.54) is 17.0 Å². The van der Waals surface area contributed by atoms with E-state index in [2.05, 4.69) is 41.4 Å². The normalized spacial score (nSPS) is 11.3. The number of fused-ring (bicyclic) bond motifs is 1. The Morgan fingerprint density at radius 3 is 2.56 bits per heavy atom. The van der Waals surface area contributed by atoms with Crippen LogP contribution in [0.4, 0.5) is 5.69 Å². The molecular formula is C21H22ClN3OS. The zero-order valence-corrected chi connectivity index (χ0v) is 17.2. The Morgan fingerprint density at radius 2 is 1.89 bits per heavy atom. The second-order valence-corrected chi connectivity index (χ2v) is 7.64. The number of rotatable bonds is 6. The van der Waals surface area contributed by atoms with Crippen molar-refractivity contribution < 1.29 is 4.79 Å². The molecule has 4 nitrogen and oxygen atoms in total. The highest BCUT2D eigenvalue weighted by Gasteiger charge is 2.16. The molecule has 0 spiro atoms. The summed E-state index contributed by atoms with van der Waals surface area (Å²) in [5.41, 5.74) is 5.80. The first-order valence-corrected chi connectivity index (χ1v) is 10.1. The molecule has 1 heterocycles. The van der Waals surface area contributed by atoms with E-state index in [9.17, 15) is 4.79 Å². The summed E-state index contributed by atoms with van der Waals surface area (Å²) in [6, 6.07) is 14.0. The number of nitrogens with zero attached hydrogens (tertiary/aromatic N) is 2. The SMILES string of the molecule is CCN(CC)c1ccc(C=NNC(=O)c2sc3cc(C)ccc3c2Cl)cc1. The van der Waals surface area contributed by atoms with Gasteiger partial charge in [-0.2, -0.15) is 5.10 Å². The number of hydrazone groups is 1. The fraction of sp³-hybridized carbons (Fsp3) is 0.238. The molecule has 0 bridgehead atoms. The van der Waals surface area contributed by atoms with E-state index in [1.807, 2.05) is 37.3 Å². The Morgan fingerprint density at radius 1 is 1.19 bits per heavy atom. The van der Waals surface area contributed by atoms with Crippen LogP contribution in [0.5, 0.6) is 0 Å². The van der Waals surface area contributed by atoms with Crippen LogP contribution in [0, 0.1) is 6.92 Å². The lowest BCUT2D eigenvalue weighted by molar-refractivity contribution is 0.0959. The monoisotopic (exact) mass is 399 g/mol. The summed E-state index contributed by atoms with van der Waals surface area (Å²) >= 11 is 7.75. The van der Waals surface area contributed by atoms with Gasteiger partial charge in [-0.25, -0.2) is 5.43 Å². The average molecular weight is 400 g/mol. The van der Waals surface area contributed by atoms with Crippen LogP contribution in [0.25, 0.3) is 10.1 Å². The highest BCUT2D eigenvalue weighted by molar-refractivity contribution is 7.21. The number of benzene rings is 2. The second kappa shape index (κ2) is 8.55. The summed E-state index contributed by atoms with van der Waals surface area (Å²) in [7, 11) is 0. The van der Waals surface area contributed by atoms with Gasteiger partial charge in [0.25, 0.3) is 5.91 Å². The van der Waals surface area contributed by atoms with Gasteiger partial charge in [0.1, 0.15) is 4.88 Å². The largest absolute Gasteiger partial charge is 0.372 e. The molecule has 0 aliphatic carbocycles. The van der Waals surface area contributed by atoms with Gasteiger partial charge in [0.2, 0.25) is 0 Å². The fourth-order valence-corrected chi connectivity index (χ4v) is 4.40. The number of thiophene rings is 1. The summed E-state index contributed by atoms with van der Waals surface area (Å²) < 4.78 is 1.00. The molecule has 1 N–H and O–H groups in total. The van der Waals surface area contributed by atoms with Gasteiger partial charge in [-0.15, -0.1) is 11.3 Å². The van der Waals surface area contributed by atoms with Gasteiger partial charge in [0.05, 0.1) is 11.2 Å². The first-order valence-electron chi connectivity index (χ1n) is 8.90. The number of anilines is 1. The van der Waals surface area contributed by atoms with Crippen molar-refractivity contribution in [2.75, 3.05) is 18.0 Å². The first kappa shape index (κ1) is 19.4. The maximum absolute atomic E-state index is 12.4. The molecule has 2 aromatic carbocycles. The number of nitrogens with one attached hydrogen (secondary N) is 1. The lowest BCUT2D eigenvalue weighted by Gasteiger charge is -2.20. The van der Waals surface area contributed by atoms with Crippen LogP contribution in [0.3, 0.4) is 0 Å². The molecule has 1 amide bonds. The maximum atomic E-state index is 12.4. The Kier molecular flexibility index (Phi) is 6.14. The zero-order valence-electron chi connectivity index (χ0n) is 15.6. The molecule has 0 aliphatic rings. The third kappa shape index (κ3) is 4.31. The molecule has 3 rings (SSSR count). The van der Waals surface area contributed by atoms with Gasteiger partial charge < -0.3 is 4.90 Å². The molecule has 0 saturated carbocycles. The fourth-order valence-electron chi connectivity index (χ4n) is 2.89. The second-order valence-electron chi connectivity index (χ2n) is 6.21. The lowest BCUT2D eigenvalue weighted by Crippen LogP contribution is -2.21. The number of carbonyl (C=O) groups is 1. The molecule has 3 aromatic rings. The molecule has 0 unspecified atom stereocenters. The van der Waals surface area contributed by atoms with Crippen molar-refractivity contribution in [1.29, 1.82) is 0 Å². The summed E-state index contributed by atoms with van der Waals surface area (Å²) in [5.74, 6) is -0.296. The van der Waals surface area contributed by atoms with E-state index in [1.54, 1.807) is 6.21 Å². The quantitative estimate of drug-likeness (QED) is 0.441. The van der Waals surface area contributed by atoms with Crippen LogP contribution in [-0.2, 0) is 0 Å². The van der Waals surface area contributed by atoms with Gasteiger partial charge in [0, 0.05) is 28.9 Å². The summed E-state index contributed by atoms with van der Waals surface area (Å²) in [5, 5.41) is 5.45. The van der Waals surface area contributed by atoms with E-state index in [0.717, 1.165) is 34.3 Å². The Labute approximate surface area is 168 Å². The molecule has 6 heteroatoms. The van der Waals surface area contributed by atoms with Gasteiger partial charge in [-0.05, 0) is 50.1 Å². The van der Waals surface area contributed by atoms with Crippen LogP contribution >= 0.6 is 22.9 Å². The Bertz CT molecular complexity index is 975. The van der Waals surface area contributed by atoms with Crippen LogP contribution in [0.2, 0.25) is 5.02 Å². The third-order valence-corrected chi connectivity index (χ3v) is 6.05. The number of amides is 1. The predicted octanol–water partition coefficient (Wildman–Crippen LogP) is 5.47. The van der Waals surface area contributed by atoms with E-state index in [0.29, 0.717) is 9.90 Å². The van der Waals surface area contributed by atoms with E-state index in [4.69, 9.17) is 11.6 Å². The zero-order chi connectivity index (χ0) is 19.4. The van der Waals surface area contributed by atoms with Gasteiger partial charge in [0.15, 0.2) is 0 Å². The smallest absolute Gasteiger partial charge is 0.283 e. The maximum Gasteiger partial charge on any atom is 0.283 e. The van der Waals surface area contributed by atoms with E-state index in [-0.39, 0.29) is 5.91 Å². The molecule has 0 aliphatic heterocycles. The lowest BCUT2D eigenvalue weighted by atomic mass is 10.2. The molecule has 140 valence electrons. The molecular weight excluding hydrogens is 378 g/mol. The molecule has 27 heavy (non-hydrogen) atoms.